The number of nitrogens with one attached hydrogen (secondary N) is 1. The van der Waals surface area contributed by atoms with Crippen molar-refractivity contribution in [1.82, 2.24) is 15.1 Å². The maximum absolute atomic E-state index is 13.6. The first-order valence-electron chi connectivity index (χ1n) is 13.4. The zero-order chi connectivity index (χ0) is 27.4. The van der Waals surface area contributed by atoms with Gasteiger partial charge in [-0.15, -0.1) is 0 Å². The third kappa shape index (κ3) is 6.74. The number of benzene rings is 1. The van der Waals surface area contributed by atoms with Crippen LogP contribution >= 0.6 is 0 Å². The predicted octanol–water partition coefficient (Wildman–Crippen LogP) is 3.57. The van der Waals surface area contributed by atoms with E-state index in [1.54, 1.807) is 22.9 Å². The van der Waals surface area contributed by atoms with Crippen LogP contribution in [0.1, 0.15) is 86.5 Å². The Bertz CT molecular complexity index is 1170. The Morgan fingerprint density at radius 3 is 2.45 bits per heavy atom. The molecular formula is C28H37FN4O5. The minimum atomic E-state index is -1.16. The summed E-state index contributed by atoms with van der Waals surface area (Å²) in [4.78, 5) is 25.3. The standard InChI is InChI=1S/C28H37FN4O5/c1-18(2)26-24(13-12-22(34)16-23(35)17-25(36)33(38)14-15-33)32(21-10-8-19(29)9-11-21)31-27(26)28(37)30-20-6-4-3-5-7-20/h8-13,18,20,22-23,34-35H,3-7,14-17H2,1-2H3,(H,30,37)/b13-12+/t22-,23-/m1/s1. The Labute approximate surface area is 222 Å². The third-order valence-electron chi connectivity index (χ3n) is 7.25. The number of nitrogens with zero attached hydrogens (tertiary/aromatic N) is 3. The Kier molecular flexibility index (Phi) is 8.77. The maximum Gasteiger partial charge on any atom is 0.316 e. The molecule has 4 rings (SSSR count). The van der Waals surface area contributed by atoms with Gasteiger partial charge in [0.25, 0.3) is 5.91 Å². The van der Waals surface area contributed by atoms with Crippen molar-refractivity contribution in [2.75, 3.05) is 13.1 Å². The molecule has 0 radical (unpaired) electrons. The molecule has 2 fully saturated rings. The SMILES string of the molecule is CC(C)c1c(C(=O)NC2CCCCC2)nn(-c2ccc(F)cc2)c1/C=C/[C@@H](O)C[C@@H](O)CC(=O)[N+]1([O-])CC1. The van der Waals surface area contributed by atoms with Gasteiger partial charge in [0, 0.05) is 18.0 Å². The number of aromatic nitrogens is 2. The van der Waals surface area contributed by atoms with Crippen LogP contribution in [0.5, 0.6) is 0 Å². The van der Waals surface area contributed by atoms with Crippen LogP contribution in [-0.4, -0.2) is 67.8 Å². The molecule has 3 N–H and O–H groups in total. The average Bonchev–Trinajstić information content (AvgIpc) is 3.51. The molecule has 9 nitrogen and oxygen atoms in total. The minimum absolute atomic E-state index is 0.0964. The maximum atomic E-state index is 13.6. The number of hydrogen-bond donors (Lipinski definition) is 3. The van der Waals surface area contributed by atoms with E-state index >= 15 is 0 Å². The molecule has 2 amide bonds. The van der Waals surface area contributed by atoms with Crippen LogP contribution in [0.15, 0.2) is 30.3 Å². The molecule has 2 atom stereocenters. The molecule has 1 saturated carbocycles. The van der Waals surface area contributed by atoms with E-state index < -0.39 is 28.6 Å². The first-order chi connectivity index (χ1) is 18.1. The van der Waals surface area contributed by atoms with Crippen molar-refractivity contribution in [2.45, 2.75) is 83.0 Å². The minimum Gasteiger partial charge on any atom is -0.625 e. The molecule has 0 bridgehead atoms. The van der Waals surface area contributed by atoms with Crippen molar-refractivity contribution in [3.8, 4) is 5.69 Å². The van der Waals surface area contributed by atoms with Gasteiger partial charge in [-0.2, -0.15) is 5.10 Å². The summed E-state index contributed by atoms with van der Waals surface area (Å²) in [5, 5.41) is 40.4. The second-order valence-corrected chi connectivity index (χ2v) is 10.7. The fourth-order valence-corrected chi connectivity index (χ4v) is 4.97. The lowest BCUT2D eigenvalue weighted by atomic mass is 9.94. The lowest BCUT2D eigenvalue weighted by Gasteiger charge is -2.22. The molecule has 1 aromatic carbocycles. The van der Waals surface area contributed by atoms with E-state index in [-0.39, 0.29) is 49.5 Å². The second-order valence-electron chi connectivity index (χ2n) is 10.7. The second kappa shape index (κ2) is 11.9. The number of aliphatic hydroxyl groups is 2. The van der Waals surface area contributed by atoms with Crippen molar-refractivity contribution in [2.24, 2.45) is 0 Å². The van der Waals surface area contributed by atoms with E-state index in [4.69, 9.17) is 0 Å². The van der Waals surface area contributed by atoms with Gasteiger partial charge < -0.3 is 20.7 Å². The highest BCUT2D eigenvalue weighted by molar-refractivity contribution is 5.95. The van der Waals surface area contributed by atoms with Gasteiger partial charge in [0.05, 0.1) is 30.0 Å². The molecule has 1 aromatic heterocycles. The van der Waals surface area contributed by atoms with Crippen molar-refractivity contribution in [3.63, 3.8) is 0 Å². The van der Waals surface area contributed by atoms with E-state index in [0.29, 0.717) is 16.9 Å². The van der Waals surface area contributed by atoms with E-state index in [0.717, 1.165) is 25.7 Å². The van der Waals surface area contributed by atoms with Crippen molar-refractivity contribution >= 4 is 17.9 Å². The molecule has 1 aliphatic carbocycles. The van der Waals surface area contributed by atoms with Crippen molar-refractivity contribution in [3.05, 3.63) is 58.3 Å². The number of hydroxylamine groups is 3. The van der Waals surface area contributed by atoms with Crippen LogP contribution < -0.4 is 5.32 Å². The van der Waals surface area contributed by atoms with Crippen LogP contribution in [0.25, 0.3) is 11.8 Å². The number of hydrogen-bond acceptors (Lipinski definition) is 6. The number of carbonyl (C=O) groups is 2. The quantitative estimate of drug-likeness (QED) is 0.246. The Morgan fingerprint density at radius 1 is 1.18 bits per heavy atom. The highest BCUT2D eigenvalue weighted by Gasteiger charge is 2.41. The summed E-state index contributed by atoms with van der Waals surface area (Å²) in [6.07, 6.45) is 5.57. The number of rotatable bonds is 10. The Hall–Kier alpha value is -2.92. The molecule has 1 aliphatic heterocycles. The molecule has 0 spiro atoms. The van der Waals surface area contributed by atoms with Crippen LogP contribution in [0.2, 0.25) is 0 Å². The number of quaternary nitrogens is 1. The van der Waals surface area contributed by atoms with Gasteiger partial charge in [-0.3, -0.25) is 9.44 Å². The fourth-order valence-electron chi connectivity index (χ4n) is 4.97. The summed E-state index contributed by atoms with van der Waals surface area (Å²) in [7, 11) is 0. The normalized spacial score (nSPS) is 19.0. The van der Waals surface area contributed by atoms with Crippen LogP contribution in [-0.2, 0) is 4.79 Å². The zero-order valence-corrected chi connectivity index (χ0v) is 22.0. The highest BCUT2D eigenvalue weighted by atomic mass is 19.1. The first-order valence-corrected chi connectivity index (χ1v) is 13.4. The van der Waals surface area contributed by atoms with Gasteiger partial charge in [0.15, 0.2) is 5.69 Å². The van der Waals surface area contributed by atoms with Gasteiger partial charge in [-0.05, 0) is 49.1 Å². The topological polar surface area (TPSA) is 128 Å². The molecule has 38 heavy (non-hydrogen) atoms. The van der Waals surface area contributed by atoms with Gasteiger partial charge >= 0.3 is 5.91 Å². The molecule has 1 saturated heterocycles. The Balaban J connectivity index is 1.60. The summed E-state index contributed by atoms with van der Waals surface area (Å²) < 4.78 is 14.3. The number of halogens is 1. The molecule has 10 heteroatoms. The van der Waals surface area contributed by atoms with Crippen LogP contribution in [0.4, 0.5) is 4.39 Å². The summed E-state index contributed by atoms with van der Waals surface area (Å²) in [5.74, 6) is -1.35. The molecule has 206 valence electrons. The van der Waals surface area contributed by atoms with Crippen molar-refractivity contribution < 1.29 is 28.8 Å². The lowest BCUT2D eigenvalue weighted by molar-refractivity contribution is -0.660. The monoisotopic (exact) mass is 528 g/mol. The zero-order valence-electron chi connectivity index (χ0n) is 22.0. The van der Waals surface area contributed by atoms with Gasteiger partial charge in [0.1, 0.15) is 18.9 Å². The Morgan fingerprint density at radius 2 is 1.84 bits per heavy atom. The van der Waals surface area contributed by atoms with Gasteiger partial charge in [0.2, 0.25) is 0 Å². The third-order valence-corrected chi connectivity index (χ3v) is 7.25. The summed E-state index contributed by atoms with van der Waals surface area (Å²) in [5.41, 5.74) is 2.06. The number of carbonyl (C=O) groups excluding carboxylic acids is 2. The average molecular weight is 529 g/mol. The van der Waals surface area contributed by atoms with E-state index in [1.165, 1.54) is 24.6 Å². The molecule has 2 aliphatic rings. The van der Waals surface area contributed by atoms with Crippen molar-refractivity contribution in [1.29, 1.82) is 0 Å². The van der Waals surface area contributed by atoms with E-state index in [2.05, 4.69) is 10.4 Å². The molecule has 2 heterocycles. The smallest absolute Gasteiger partial charge is 0.316 e. The highest BCUT2D eigenvalue weighted by Crippen LogP contribution is 2.29. The molecule has 0 unspecified atom stereocenters. The summed E-state index contributed by atoms with van der Waals surface area (Å²) in [6, 6.07) is 5.84. The fraction of sp³-hybridized carbons (Fsp3) is 0.536. The molecule has 2 aromatic rings. The number of amides is 2. The molecular weight excluding hydrogens is 491 g/mol. The summed E-state index contributed by atoms with van der Waals surface area (Å²) >= 11 is 0. The predicted molar refractivity (Wildman–Crippen MR) is 141 cm³/mol. The largest absolute Gasteiger partial charge is 0.625 e. The number of aliphatic hydroxyl groups excluding tert-OH is 2. The van der Waals surface area contributed by atoms with Crippen LogP contribution in [0, 0.1) is 11.0 Å². The lowest BCUT2D eigenvalue weighted by Crippen LogP contribution is -2.36. The van der Waals surface area contributed by atoms with Gasteiger partial charge in [-0.1, -0.05) is 39.2 Å². The van der Waals surface area contributed by atoms with Crippen LogP contribution in [0.3, 0.4) is 0 Å². The summed E-state index contributed by atoms with van der Waals surface area (Å²) in [6.45, 7) is 4.36. The first kappa shape index (κ1) is 28.1. The van der Waals surface area contributed by atoms with E-state index in [1.807, 2.05) is 13.8 Å². The van der Waals surface area contributed by atoms with Gasteiger partial charge in [-0.25, -0.2) is 13.9 Å². The van der Waals surface area contributed by atoms with E-state index in [9.17, 15) is 29.4 Å².